The summed E-state index contributed by atoms with van der Waals surface area (Å²) in [5.74, 6) is -0.236. The predicted octanol–water partition coefficient (Wildman–Crippen LogP) is 3.27. The molecule has 4 heterocycles. The summed E-state index contributed by atoms with van der Waals surface area (Å²) in [6.45, 7) is 9.66. The Morgan fingerprint density at radius 1 is 0.950 bits per heavy atom. The number of nitrogens with zero attached hydrogens (tertiary/aromatic N) is 5. The standard InChI is InChI=1S/C31H36ClN5O3/c1-33-8-10-34(11-9-33)12-13-37(21-23-2-4-26(32)5-3-23)31(39)28-22-36-7-6-25-18-24(19-27(29(25)36)30(28)38)20-35-14-16-40-17-15-35/h2-7,18-19,22H,8-17,20-21H2,1H3. The van der Waals surface area contributed by atoms with Crippen LogP contribution in [0.4, 0.5) is 0 Å². The van der Waals surface area contributed by atoms with Gasteiger partial charge < -0.3 is 18.9 Å². The van der Waals surface area contributed by atoms with Crippen molar-refractivity contribution >= 4 is 33.8 Å². The summed E-state index contributed by atoms with van der Waals surface area (Å²) in [7, 11) is 2.14. The second-order valence-electron chi connectivity index (χ2n) is 11.1. The molecule has 0 radical (unpaired) electrons. The molecule has 8 nitrogen and oxygen atoms in total. The van der Waals surface area contributed by atoms with Gasteiger partial charge in [0.05, 0.1) is 18.7 Å². The van der Waals surface area contributed by atoms with Crippen molar-refractivity contribution in [1.29, 1.82) is 0 Å². The second kappa shape index (κ2) is 11.8. The number of hydrogen-bond acceptors (Lipinski definition) is 6. The molecule has 1 amide bonds. The number of piperazine rings is 1. The number of likely N-dealkylation sites (N-methyl/N-ethyl adjacent to an activating group) is 1. The molecule has 2 aliphatic rings. The van der Waals surface area contributed by atoms with Gasteiger partial charge in [-0.3, -0.25) is 19.4 Å². The lowest BCUT2D eigenvalue weighted by Gasteiger charge is -2.34. The van der Waals surface area contributed by atoms with Gasteiger partial charge in [0, 0.05) is 93.6 Å². The fourth-order valence-corrected chi connectivity index (χ4v) is 5.95. The van der Waals surface area contributed by atoms with Crippen LogP contribution in [0.25, 0.3) is 16.3 Å². The summed E-state index contributed by atoms with van der Waals surface area (Å²) in [5, 5.41) is 2.28. The molecule has 2 aliphatic heterocycles. The fraction of sp³-hybridized carbons (Fsp3) is 0.419. The monoisotopic (exact) mass is 561 g/mol. The van der Waals surface area contributed by atoms with E-state index in [1.807, 2.05) is 51.9 Å². The summed E-state index contributed by atoms with van der Waals surface area (Å²) in [6.07, 6.45) is 3.66. The normalized spacial score (nSPS) is 17.6. The van der Waals surface area contributed by atoms with Crippen LogP contribution in [-0.2, 0) is 17.8 Å². The molecular weight excluding hydrogens is 526 g/mol. The summed E-state index contributed by atoms with van der Waals surface area (Å²) in [6, 6.07) is 13.7. The molecule has 0 atom stereocenters. The molecule has 9 heteroatoms. The minimum Gasteiger partial charge on any atom is -0.379 e. The zero-order valence-electron chi connectivity index (χ0n) is 23.0. The highest BCUT2D eigenvalue weighted by molar-refractivity contribution is 6.30. The Kier molecular flexibility index (Phi) is 8.05. The molecule has 40 heavy (non-hydrogen) atoms. The van der Waals surface area contributed by atoms with E-state index >= 15 is 0 Å². The van der Waals surface area contributed by atoms with Crippen molar-refractivity contribution in [2.75, 3.05) is 72.6 Å². The highest BCUT2D eigenvalue weighted by atomic mass is 35.5. The number of morpholine rings is 1. The smallest absolute Gasteiger partial charge is 0.259 e. The van der Waals surface area contributed by atoms with Crippen LogP contribution in [0, 0.1) is 0 Å². The number of hydrogen-bond donors (Lipinski definition) is 0. The third kappa shape index (κ3) is 5.87. The van der Waals surface area contributed by atoms with Crippen LogP contribution in [0.1, 0.15) is 21.5 Å². The fourth-order valence-electron chi connectivity index (χ4n) is 5.82. The zero-order valence-corrected chi connectivity index (χ0v) is 23.8. The Morgan fingerprint density at radius 2 is 1.70 bits per heavy atom. The van der Waals surface area contributed by atoms with Crippen molar-refractivity contribution in [3.63, 3.8) is 0 Å². The van der Waals surface area contributed by atoms with E-state index in [1.165, 1.54) is 0 Å². The van der Waals surface area contributed by atoms with E-state index in [-0.39, 0.29) is 16.9 Å². The molecule has 0 spiro atoms. The number of carbonyl (C=O) groups is 1. The van der Waals surface area contributed by atoms with Gasteiger partial charge in [-0.25, -0.2) is 0 Å². The van der Waals surface area contributed by atoms with Crippen LogP contribution in [0.2, 0.25) is 5.02 Å². The molecule has 2 fully saturated rings. The van der Waals surface area contributed by atoms with Crippen LogP contribution in [0.3, 0.4) is 0 Å². The van der Waals surface area contributed by atoms with Gasteiger partial charge in [0.15, 0.2) is 0 Å². The lowest BCUT2D eigenvalue weighted by molar-refractivity contribution is 0.0342. The quantitative estimate of drug-likeness (QED) is 0.329. The Bertz CT molecular complexity index is 1520. The maximum absolute atomic E-state index is 14.1. The van der Waals surface area contributed by atoms with E-state index in [2.05, 4.69) is 27.8 Å². The maximum atomic E-state index is 14.1. The molecule has 0 N–H and O–H groups in total. The Hall–Kier alpha value is -3.01. The van der Waals surface area contributed by atoms with Crippen LogP contribution >= 0.6 is 11.6 Å². The SMILES string of the molecule is CN1CCN(CCN(Cc2ccc(Cl)cc2)C(=O)c2cn3ccc4cc(CN5CCOCC5)cc(c2=O)c43)CC1. The first-order valence-electron chi connectivity index (χ1n) is 14.1. The Labute approximate surface area is 239 Å². The van der Waals surface area contributed by atoms with Crippen LogP contribution < -0.4 is 5.43 Å². The molecule has 6 rings (SSSR count). The number of halogens is 1. The van der Waals surface area contributed by atoms with E-state index in [4.69, 9.17) is 16.3 Å². The number of benzene rings is 2. The van der Waals surface area contributed by atoms with E-state index in [1.54, 1.807) is 6.20 Å². The summed E-state index contributed by atoms with van der Waals surface area (Å²) >= 11 is 6.12. The lowest BCUT2D eigenvalue weighted by Crippen LogP contribution is -2.47. The lowest BCUT2D eigenvalue weighted by atomic mass is 10.0. The number of amides is 1. The van der Waals surface area contributed by atoms with Gasteiger partial charge in [0.2, 0.25) is 5.43 Å². The van der Waals surface area contributed by atoms with Gasteiger partial charge in [-0.1, -0.05) is 23.7 Å². The molecule has 2 aromatic heterocycles. The molecule has 2 aromatic carbocycles. The van der Waals surface area contributed by atoms with Gasteiger partial charge in [-0.2, -0.15) is 0 Å². The van der Waals surface area contributed by atoms with Crippen molar-refractivity contribution in [1.82, 2.24) is 24.0 Å². The molecular formula is C31H36ClN5O3. The first-order chi connectivity index (χ1) is 19.4. The topological polar surface area (TPSA) is 60.7 Å². The van der Waals surface area contributed by atoms with Gasteiger partial charge in [-0.15, -0.1) is 0 Å². The number of rotatable bonds is 8. The third-order valence-electron chi connectivity index (χ3n) is 8.23. The highest BCUT2D eigenvalue weighted by Gasteiger charge is 2.24. The molecule has 0 unspecified atom stereocenters. The van der Waals surface area contributed by atoms with Gasteiger partial charge in [0.1, 0.15) is 5.56 Å². The van der Waals surface area contributed by atoms with Crippen molar-refractivity contribution in [3.05, 3.63) is 86.8 Å². The van der Waals surface area contributed by atoms with Crippen LogP contribution in [0.5, 0.6) is 0 Å². The van der Waals surface area contributed by atoms with Gasteiger partial charge >= 0.3 is 0 Å². The number of carbonyl (C=O) groups excluding carboxylic acids is 1. The molecule has 0 bridgehead atoms. The average Bonchev–Trinajstić information content (AvgIpc) is 3.38. The first-order valence-corrected chi connectivity index (χ1v) is 14.5. The van der Waals surface area contributed by atoms with Crippen molar-refractivity contribution in [2.45, 2.75) is 13.1 Å². The van der Waals surface area contributed by atoms with Crippen molar-refractivity contribution in [2.24, 2.45) is 0 Å². The van der Waals surface area contributed by atoms with E-state index < -0.39 is 0 Å². The summed E-state index contributed by atoms with van der Waals surface area (Å²) in [5.41, 5.74) is 2.94. The molecule has 0 aliphatic carbocycles. The number of pyridine rings is 1. The molecule has 4 aromatic rings. The van der Waals surface area contributed by atoms with E-state index in [9.17, 15) is 9.59 Å². The number of aromatic nitrogens is 1. The minimum atomic E-state index is -0.236. The highest BCUT2D eigenvalue weighted by Crippen LogP contribution is 2.24. The van der Waals surface area contributed by atoms with Crippen LogP contribution in [0.15, 0.2) is 59.7 Å². The van der Waals surface area contributed by atoms with Crippen molar-refractivity contribution in [3.8, 4) is 0 Å². The predicted molar refractivity (Wildman–Crippen MR) is 159 cm³/mol. The van der Waals surface area contributed by atoms with Gasteiger partial charge in [-0.05, 0) is 48.5 Å². The van der Waals surface area contributed by atoms with E-state index in [0.29, 0.717) is 23.5 Å². The minimum absolute atomic E-state index is 0.203. The third-order valence-corrected chi connectivity index (χ3v) is 8.48. The summed E-state index contributed by atoms with van der Waals surface area (Å²) in [4.78, 5) is 36.9. The molecule has 0 saturated carbocycles. The zero-order chi connectivity index (χ0) is 27.6. The molecule has 2 saturated heterocycles. The van der Waals surface area contributed by atoms with E-state index in [0.717, 1.165) is 87.6 Å². The van der Waals surface area contributed by atoms with Crippen molar-refractivity contribution < 1.29 is 9.53 Å². The number of ether oxygens (including phenoxy) is 1. The van der Waals surface area contributed by atoms with Crippen LogP contribution in [-0.4, -0.2) is 103 Å². The molecule has 210 valence electrons. The van der Waals surface area contributed by atoms with Gasteiger partial charge in [0.25, 0.3) is 5.91 Å². The largest absolute Gasteiger partial charge is 0.379 e. The Morgan fingerprint density at radius 3 is 2.45 bits per heavy atom. The maximum Gasteiger partial charge on any atom is 0.259 e. The summed E-state index contributed by atoms with van der Waals surface area (Å²) < 4.78 is 7.43. The Balaban J connectivity index is 1.31. The second-order valence-corrected chi connectivity index (χ2v) is 11.5. The average molecular weight is 562 g/mol. The first kappa shape index (κ1) is 27.2.